The number of aromatic nitrogens is 3. The molecule has 0 saturated heterocycles. The fourth-order valence-corrected chi connectivity index (χ4v) is 1.54. The highest BCUT2D eigenvalue weighted by molar-refractivity contribution is 6.32. The molecule has 0 aliphatic heterocycles. The van der Waals surface area contributed by atoms with Gasteiger partial charge in [-0.25, -0.2) is 4.79 Å². The molecule has 2 aromatic heterocycles. The number of pyridine rings is 1. The molecule has 2 rings (SSSR count). The van der Waals surface area contributed by atoms with Crippen molar-refractivity contribution in [3.63, 3.8) is 0 Å². The number of carbonyl (C=O) groups is 3. The zero-order valence-electron chi connectivity index (χ0n) is 11.6. The van der Waals surface area contributed by atoms with Crippen molar-refractivity contribution in [1.82, 2.24) is 26.0 Å². The zero-order chi connectivity index (χ0) is 15.9. The Labute approximate surface area is 125 Å². The molecule has 0 atom stereocenters. The quantitative estimate of drug-likeness (QED) is 0.409. The summed E-state index contributed by atoms with van der Waals surface area (Å²) in [5, 5.41) is 6.51. The second-order valence-corrected chi connectivity index (χ2v) is 4.03. The summed E-state index contributed by atoms with van der Waals surface area (Å²) >= 11 is 0. The van der Waals surface area contributed by atoms with Gasteiger partial charge in [0.25, 0.3) is 5.91 Å². The van der Waals surface area contributed by atoms with Gasteiger partial charge in [-0.1, -0.05) is 0 Å². The van der Waals surface area contributed by atoms with Crippen molar-refractivity contribution in [2.45, 2.75) is 6.92 Å². The highest BCUT2D eigenvalue weighted by Crippen LogP contribution is 2.15. The van der Waals surface area contributed by atoms with E-state index in [9.17, 15) is 14.4 Å². The maximum atomic E-state index is 11.8. The molecule has 0 aromatic carbocycles. The Morgan fingerprint density at radius 1 is 1.23 bits per heavy atom. The number of esters is 1. The molecule has 0 unspecified atom stereocenters. The molecular weight excluding hydrogens is 290 g/mol. The summed E-state index contributed by atoms with van der Waals surface area (Å²) in [5.41, 5.74) is 5.47. The van der Waals surface area contributed by atoms with Crippen molar-refractivity contribution in [3.05, 3.63) is 36.3 Å². The van der Waals surface area contributed by atoms with E-state index in [1.54, 1.807) is 31.5 Å². The Balaban J connectivity index is 1.95. The summed E-state index contributed by atoms with van der Waals surface area (Å²) in [6.07, 6.45) is 3.20. The van der Waals surface area contributed by atoms with Crippen molar-refractivity contribution < 1.29 is 19.1 Å². The summed E-state index contributed by atoms with van der Waals surface area (Å²) in [6.45, 7) is 1.63. The van der Waals surface area contributed by atoms with Crippen molar-refractivity contribution in [2.24, 2.45) is 0 Å². The van der Waals surface area contributed by atoms with Crippen LogP contribution in [0.15, 0.2) is 30.6 Å². The molecule has 0 aliphatic rings. The number of aromatic amines is 1. The fourth-order valence-electron chi connectivity index (χ4n) is 1.54. The van der Waals surface area contributed by atoms with Crippen LogP contribution in [-0.2, 0) is 14.3 Å². The smallest absolute Gasteiger partial charge is 0.398 e. The number of nitrogens with one attached hydrogen (secondary N) is 3. The van der Waals surface area contributed by atoms with Gasteiger partial charge in [-0.3, -0.25) is 30.5 Å². The van der Waals surface area contributed by atoms with E-state index in [2.05, 4.69) is 25.3 Å². The Morgan fingerprint density at radius 3 is 2.64 bits per heavy atom. The molecule has 2 aromatic rings. The summed E-state index contributed by atoms with van der Waals surface area (Å²) in [6, 6.07) is 4.97. The lowest BCUT2D eigenvalue weighted by Crippen LogP contribution is -2.45. The van der Waals surface area contributed by atoms with Gasteiger partial charge in [0.05, 0.1) is 12.3 Å². The second kappa shape index (κ2) is 6.97. The lowest BCUT2D eigenvalue weighted by atomic mass is 10.2. The van der Waals surface area contributed by atoms with Crippen LogP contribution in [0.5, 0.6) is 0 Å². The third-order valence-corrected chi connectivity index (χ3v) is 2.55. The average molecular weight is 303 g/mol. The van der Waals surface area contributed by atoms with Crippen molar-refractivity contribution in [3.8, 4) is 11.3 Å². The molecular formula is C13H13N5O4. The van der Waals surface area contributed by atoms with E-state index < -0.39 is 17.8 Å². The second-order valence-electron chi connectivity index (χ2n) is 4.03. The van der Waals surface area contributed by atoms with Gasteiger partial charge >= 0.3 is 11.9 Å². The topological polar surface area (TPSA) is 126 Å². The minimum atomic E-state index is -1.08. The number of nitrogens with zero attached hydrogens (tertiary/aromatic N) is 2. The molecule has 0 spiro atoms. The van der Waals surface area contributed by atoms with E-state index in [1.807, 2.05) is 5.43 Å². The van der Waals surface area contributed by atoms with Crippen molar-refractivity contribution >= 4 is 17.8 Å². The van der Waals surface area contributed by atoms with E-state index >= 15 is 0 Å². The van der Waals surface area contributed by atoms with Gasteiger partial charge in [-0.15, -0.1) is 0 Å². The van der Waals surface area contributed by atoms with Gasteiger partial charge in [-0.05, 0) is 25.1 Å². The monoisotopic (exact) mass is 303 g/mol. The first kappa shape index (κ1) is 15.2. The molecule has 0 saturated carbocycles. The van der Waals surface area contributed by atoms with Crippen LogP contribution in [0.3, 0.4) is 0 Å². The first-order valence-corrected chi connectivity index (χ1v) is 6.35. The summed E-state index contributed by atoms with van der Waals surface area (Å²) in [7, 11) is 0. The number of rotatable bonds is 3. The van der Waals surface area contributed by atoms with Crippen molar-refractivity contribution in [2.75, 3.05) is 6.61 Å². The van der Waals surface area contributed by atoms with E-state index in [4.69, 9.17) is 0 Å². The first-order chi connectivity index (χ1) is 10.6. The van der Waals surface area contributed by atoms with E-state index in [0.29, 0.717) is 5.69 Å². The standard InChI is InChI=1S/C13H13N5O4/c1-2-22-13(21)12(20)18-17-11(19)10-7-9(15-16-10)8-3-5-14-6-4-8/h3-7H,2H2,1H3,(H,15,16)(H,17,19)(H,18,20). The van der Waals surface area contributed by atoms with E-state index in [1.165, 1.54) is 6.07 Å². The zero-order valence-corrected chi connectivity index (χ0v) is 11.6. The minimum absolute atomic E-state index is 0.0655. The van der Waals surface area contributed by atoms with Gasteiger partial charge in [0.1, 0.15) is 5.69 Å². The lowest BCUT2D eigenvalue weighted by Gasteiger charge is -2.04. The van der Waals surface area contributed by atoms with Crippen LogP contribution in [0.1, 0.15) is 17.4 Å². The summed E-state index contributed by atoms with van der Waals surface area (Å²) < 4.78 is 4.48. The molecule has 0 radical (unpaired) electrons. The van der Waals surface area contributed by atoms with Crippen molar-refractivity contribution in [1.29, 1.82) is 0 Å². The summed E-state index contributed by atoms with van der Waals surface area (Å²) in [4.78, 5) is 38.0. The number of hydrogen-bond donors (Lipinski definition) is 3. The fraction of sp³-hybridized carbons (Fsp3) is 0.154. The van der Waals surface area contributed by atoms with Crippen LogP contribution in [0.25, 0.3) is 11.3 Å². The SMILES string of the molecule is CCOC(=O)C(=O)NNC(=O)c1cc(-c2ccncc2)n[nH]1. The Hall–Kier alpha value is -3.23. The molecule has 9 nitrogen and oxygen atoms in total. The Morgan fingerprint density at radius 2 is 1.95 bits per heavy atom. The first-order valence-electron chi connectivity index (χ1n) is 6.35. The van der Waals surface area contributed by atoms with Crippen LogP contribution < -0.4 is 10.9 Å². The number of H-pyrrole nitrogens is 1. The lowest BCUT2D eigenvalue weighted by molar-refractivity contribution is -0.154. The van der Waals surface area contributed by atoms with Gasteiger partial charge in [-0.2, -0.15) is 5.10 Å². The molecule has 3 N–H and O–H groups in total. The molecule has 22 heavy (non-hydrogen) atoms. The molecule has 0 fully saturated rings. The number of carbonyl (C=O) groups excluding carboxylic acids is 3. The van der Waals surface area contributed by atoms with Crippen LogP contribution >= 0.6 is 0 Å². The maximum absolute atomic E-state index is 11.8. The molecule has 0 aliphatic carbocycles. The highest BCUT2D eigenvalue weighted by Gasteiger charge is 2.17. The predicted octanol–water partition coefficient (Wildman–Crippen LogP) is -0.204. The third kappa shape index (κ3) is 3.66. The molecule has 114 valence electrons. The van der Waals surface area contributed by atoms with E-state index in [-0.39, 0.29) is 12.3 Å². The van der Waals surface area contributed by atoms with Gasteiger partial charge in [0, 0.05) is 18.0 Å². The Kier molecular flexibility index (Phi) is 4.81. The Bertz CT molecular complexity index is 683. The van der Waals surface area contributed by atoms with Crippen LogP contribution in [-0.4, -0.2) is 39.6 Å². The number of amides is 2. The van der Waals surface area contributed by atoms with Crippen LogP contribution in [0, 0.1) is 0 Å². The molecule has 0 bridgehead atoms. The average Bonchev–Trinajstić information content (AvgIpc) is 3.03. The number of hydrogen-bond acceptors (Lipinski definition) is 6. The summed E-state index contributed by atoms with van der Waals surface area (Å²) in [5.74, 6) is -2.79. The maximum Gasteiger partial charge on any atom is 0.398 e. The highest BCUT2D eigenvalue weighted by atomic mass is 16.5. The number of hydrazine groups is 1. The molecule has 9 heteroatoms. The van der Waals surface area contributed by atoms with E-state index in [0.717, 1.165) is 5.56 Å². The predicted molar refractivity (Wildman–Crippen MR) is 74.1 cm³/mol. The normalized spacial score (nSPS) is 9.86. The van der Waals surface area contributed by atoms with Gasteiger partial charge < -0.3 is 4.74 Å². The molecule has 2 amide bonds. The molecule has 2 heterocycles. The van der Waals surface area contributed by atoms with Crippen LogP contribution in [0.2, 0.25) is 0 Å². The van der Waals surface area contributed by atoms with Gasteiger partial charge in [0.2, 0.25) is 0 Å². The number of ether oxygens (including phenoxy) is 1. The minimum Gasteiger partial charge on any atom is -0.459 e. The van der Waals surface area contributed by atoms with Gasteiger partial charge in [0.15, 0.2) is 0 Å². The largest absolute Gasteiger partial charge is 0.459 e. The third-order valence-electron chi connectivity index (χ3n) is 2.55. The van der Waals surface area contributed by atoms with Crippen LogP contribution in [0.4, 0.5) is 0 Å².